The normalized spacial score (nSPS) is 11.4. The van der Waals surface area contributed by atoms with Crippen LogP contribution in [0.1, 0.15) is 17.3 Å². The number of amides is 1. The van der Waals surface area contributed by atoms with Crippen LogP contribution in [-0.2, 0) is 9.53 Å². The SMILES string of the molecule is COc1cc(OC)cc(C(=O)O[C@@H](C)C(=O)Nc2cc(Cl)ccc2Cl)c1. The Morgan fingerprint density at radius 1 is 1.00 bits per heavy atom. The summed E-state index contributed by atoms with van der Waals surface area (Å²) in [7, 11) is 2.93. The van der Waals surface area contributed by atoms with Crippen LogP contribution in [0.2, 0.25) is 10.0 Å². The van der Waals surface area contributed by atoms with Crippen molar-refractivity contribution in [1.29, 1.82) is 0 Å². The predicted octanol–water partition coefficient (Wildman–Crippen LogP) is 4.19. The van der Waals surface area contributed by atoms with E-state index in [1.54, 1.807) is 18.2 Å². The summed E-state index contributed by atoms with van der Waals surface area (Å²) in [6.07, 6.45) is -1.06. The zero-order valence-electron chi connectivity index (χ0n) is 14.3. The Hall–Kier alpha value is -2.44. The maximum Gasteiger partial charge on any atom is 0.339 e. The third kappa shape index (κ3) is 5.03. The molecule has 0 aliphatic carbocycles. The lowest BCUT2D eigenvalue weighted by Gasteiger charge is -2.15. The number of benzene rings is 2. The van der Waals surface area contributed by atoms with Crippen LogP contribution in [0.4, 0.5) is 5.69 Å². The summed E-state index contributed by atoms with van der Waals surface area (Å²) >= 11 is 11.9. The van der Waals surface area contributed by atoms with E-state index in [4.69, 9.17) is 37.4 Å². The molecule has 0 aromatic heterocycles. The molecule has 1 atom stereocenters. The van der Waals surface area contributed by atoms with Gasteiger partial charge in [-0.1, -0.05) is 23.2 Å². The first-order chi connectivity index (χ1) is 12.3. The average Bonchev–Trinajstić information content (AvgIpc) is 2.63. The predicted molar refractivity (Wildman–Crippen MR) is 99.5 cm³/mol. The molecule has 1 amide bonds. The van der Waals surface area contributed by atoms with Crippen molar-refractivity contribution in [3.05, 3.63) is 52.0 Å². The maximum absolute atomic E-state index is 12.3. The van der Waals surface area contributed by atoms with Crippen LogP contribution in [0, 0.1) is 0 Å². The Kier molecular flexibility index (Phi) is 6.71. The van der Waals surface area contributed by atoms with Crippen LogP contribution in [-0.4, -0.2) is 32.2 Å². The van der Waals surface area contributed by atoms with Crippen molar-refractivity contribution in [2.75, 3.05) is 19.5 Å². The van der Waals surface area contributed by atoms with Crippen LogP contribution in [0.15, 0.2) is 36.4 Å². The van der Waals surface area contributed by atoms with E-state index in [1.807, 2.05) is 0 Å². The third-order valence-electron chi connectivity index (χ3n) is 3.43. The minimum Gasteiger partial charge on any atom is -0.497 e. The highest BCUT2D eigenvalue weighted by atomic mass is 35.5. The van der Waals surface area contributed by atoms with Crippen molar-refractivity contribution in [3.63, 3.8) is 0 Å². The zero-order valence-corrected chi connectivity index (χ0v) is 15.9. The number of methoxy groups -OCH3 is 2. The Balaban J connectivity index is 2.08. The number of anilines is 1. The minimum atomic E-state index is -1.06. The molecule has 0 saturated heterocycles. The molecule has 2 aromatic rings. The number of esters is 1. The first kappa shape index (κ1) is 19.9. The first-order valence-corrected chi connectivity index (χ1v) is 8.29. The molecule has 0 spiro atoms. The molecule has 0 heterocycles. The average molecular weight is 398 g/mol. The Bertz CT molecular complexity index is 803. The van der Waals surface area contributed by atoms with Crippen molar-refractivity contribution in [2.45, 2.75) is 13.0 Å². The molecule has 26 heavy (non-hydrogen) atoms. The largest absolute Gasteiger partial charge is 0.497 e. The fourth-order valence-electron chi connectivity index (χ4n) is 2.04. The van der Waals surface area contributed by atoms with Gasteiger partial charge < -0.3 is 19.5 Å². The van der Waals surface area contributed by atoms with Gasteiger partial charge in [0.2, 0.25) is 0 Å². The van der Waals surface area contributed by atoms with E-state index >= 15 is 0 Å². The molecule has 0 aliphatic rings. The molecular formula is C18H17Cl2NO5. The molecule has 0 radical (unpaired) electrons. The second-order valence-corrected chi connectivity index (χ2v) is 6.11. The molecule has 6 nitrogen and oxygen atoms in total. The molecule has 1 N–H and O–H groups in total. The van der Waals surface area contributed by atoms with Gasteiger partial charge in [0.1, 0.15) is 11.5 Å². The lowest BCUT2D eigenvalue weighted by molar-refractivity contribution is -0.123. The second-order valence-electron chi connectivity index (χ2n) is 5.26. The van der Waals surface area contributed by atoms with Gasteiger partial charge >= 0.3 is 5.97 Å². The summed E-state index contributed by atoms with van der Waals surface area (Å²) in [5, 5.41) is 3.30. The first-order valence-electron chi connectivity index (χ1n) is 7.54. The fourth-order valence-corrected chi connectivity index (χ4v) is 2.37. The van der Waals surface area contributed by atoms with Crippen LogP contribution in [0.3, 0.4) is 0 Å². The van der Waals surface area contributed by atoms with E-state index in [9.17, 15) is 9.59 Å². The number of rotatable bonds is 6. The van der Waals surface area contributed by atoms with Gasteiger partial charge in [0.15, 0.2) is 6.10 Å². The summed E-state index contributed by atoms with van der Waals surface area (Å²) in [5.41, 5.74) is 0.525. The molecule has 0 bridgehead atoms. The van der Waals surface area contributed by atoms with Crippen molar-refractivity contribution >= 4 is 40.8 Å². The van der Waals surface area contributed by atoms with Crippen molar-refractivity contribution in [3.8, 4) is 11.5 Å². The highest BCUT2D eigenvalue weighted by molar-refractivity contribution is 6.35. The molecule has 2 rings (SSSR count). The quantitative estimate of drug-likeness (QED) is 0.739. The monoisotopic (exact) mass is 397 g/mol. The van der Waals surface area contributed by atoms with E-state index in [0.717, 1.165) is 0 Å². The summed E-state index contributed by atoms with van der Waals surface area (Å²) < 4.78 is 15.4. The molecular weight excluding hydrogens is 381 g/mol. The number of hydrogen-bond donors (Lipinski definition) is 1. The molecule has 8 heteroatoms. The van der Waals surface area contributed by atoms with Crippen molar-refractivity contribution in [1.82, 2.24) is 0 Å². The van der Waals surface area contributed by atoms with Gasteiger partial charge in [0.05, 0.1) is 30.5 Å². The topological polar surface area (TPSA) is 73.9 Å². The molecule has 0 fully saturated rings. The number of halogens is 2. The second kappa shape index (κ2) is 8.78. The van der Waals surface area contributed by atoms with E-state index in [2.05, 4.69) is 5.32 Å². The van der Waals surface area contributed by atoms with Crippen LogP contribution < -0.4 is 14.8 Å². The summed E-state index contributed by atoms with van der Waals surface area (Å²) in [5.74, 6) is -0.377. The molecule has 2 aromatic carbocycles. The third-order valence-corrected chi connectivity index (χ3v) is 3.99. The van der Waals surface area contributed by atoms with Gasteiger partial charge in [-0.25, -0.2) is 4.79 Å². The van der Waals surface area contributed by atoms with E-state index in [0.29, 0.717) is 27.2 Å². The summed E-state index contributed by atoms with van der Waals surface area (Å²) in [4.78, 5) is 24.6. The lowest BCUT2D eigenvalue weighted by atomic mass is 10.2. The Morgan fingerprint density at radius 3 is 2.19 bits per heavy atom. The molecule has 0 saturated carbocycles. The number of hydrogen-bond acceptors (Lipinski definition) is 5. The van der Waals surface area contributed by atoms with Crippen molar-refractivity contribution in [2.24, 2.45) is 0 Å². The number of ether oxygens (including phenoxy) is 3. The van der Waals surface area contributed by atoms with Gasteiger partial charge in [-0.15, -0.1) is 0 Å². The van der Waals surface area contributed by atoms with Gasteiger partial charge in [-0.2, -0.15) is 0 Å². The maximum atomic E-state index is 12.3. The lowest BCUT2D eigenvalue weighted by Crippen LogP contribution is -2.30. The number of carbonyl (C=O) groups excluding carboxylic acids is 2. The summed E-state index contributed by atoms with van der Waals surface area (Å²) in [6, 6.07) is 9.25. The Labute approximate surface area is 160 Å². The Morgan fingerprint density at radius 2 is 1.62 bits per heavy atom. The number of carbonyl (C=O) groups is 2. The van der Waals surface area contributed by atoms with Crippen LogP contribution in [0.25, 0.3) is 0 Å². The van der Waals surface area contributed by atoms with Gasteiger partial charge in [0.25, 0.3) is 5.91 Å². The smallest absolute Gasteiger partial charge is 0.339 e. The van der Waals surface area contributed by atoms with Gasteiger partial charge in [-0.3, -0.25) is 4.79 Å². The highest BCUT2D eigenvalue weighted by Crippen LogP contribution is 2.26. The van der Waals surface area contributed by atoms with Gasteiger partial charge in [-0.05, 0) is 37.3 Å². The fraction of sp³-hybridized carbons (Fsp3) is 0.222. The van der Waals surface area contributed by atoms with E-state index in [-0.39, 0.29) is 5.56 Å². The number of nitrogens with one attached hydrogen (secondary N) is 1. The molecule has 0 aliphatic heterocycles. The van der Waals surface area contributed by atoms with E-state index < -0.39 is 18.0 Å². The standard InChI is InChI=1S/C18H17Cl2NO5/c1-10(17(22)21-16-8-12(19)4-5-15(16)20)26-18(23)11-6-13(24-2)9-14(7-11)25-3/h4-10H,1-3H3,(H,21,22)/t10-/m0/s1. The minimum absolute atomic E-state index is 0.196. The molecule has 0 unspecified atom stereocenters. The zero-order chi connectivity index (χ0) is 19.3. The van der Waals surface area contributed by atoms with Gasteiger partial charge in [0, 0.05) is 11.1 Å². The highest BCUT2D eigenvalue weighted by Gasteiger charge is 2.21. The van der Waals surface area contributed by atoms with E-state index in [1.165, 1.54) is 39.3 Å². The molecule has 138 valence electrons. The summed E-state index contributed by atoms with van der Waals surface area (Å²) in [6.45, 7) is 1.45. The van der Waals surface area contributed by atoms with Crippen molar-refractivity contribution < 1.29 is 23.8 Å². The van der Waals surface area contributed by atoms with Crippen LogP contribution >= 0.6 is 23.2 Å². The van der Waals surface area contributed by atoms with Crippen LogP contribution in [0.5, 0.6) is 11.5 Å².